The molecule has 1 aromatic carbocycles. The van der Waals surface area contributed by atoms with Gasteiger partial charge in [-0.15, -0.1) is 0 Å². The van der Waals surface area contributed by atoms with Crippen LogP contribution >= 0.6 is 0 Å². The van der Waals surface area contributed by atoms with E-state index >= 15 is 0 Å². The third-order valence-electron chi connectivity index (χ3n) is 3.57. The Hall–Kier alpha value is -2.36. The number of hydrogen-bond acceptors (Lipinski definition) is 4. The van der Waals surface area contributed by atoms with Crippen LogP contribution < -0.4 is 17.7 Å². The zero-order valence-corrected chi connectivity index (χ0v) is 15.8. The number of anilines is 1. The number of aromatic nitrogens is 3. The molecule has 1 N–H and O–H groups in total. The van der Waals surface area contributed by atoms with Crippen LogP contribution in [-0.2, 0) is 21.1 Å². The van der Waals surface area contributed by atoms with Crippen molar-refractivity contribution >= 4 is 33.5 Å². The monoisotopic (exact) mass is 530 g/mol. The number of carbonyl (C=O) groups excluding carboxylic acids is 1. The average Bonchev–Trinajstić information content (AvgIpc) is 2.62. The molecule has 0 bridgehead atoms. The largest absolute Gasteiger partial charge is 4.00 e. The minimum Gasteiger partial charge on any atom is -1.00 e. The summed E-state index contributed by atoms with van der Waals surface area (Å²) in [6.07, 6.45) is 3.35. The molecule has 0 fully saturated rings. The van der Waals surface area contributed by atoms with Gasteiger partial charge in [0.15, 0.2) is 0 Å². The summed E-state index contributed by atoms with van der Waals surface area (Å²) in [5.41, 5.74) is 1.84. The number of amides is 1. The summed E-state index contributed by atoms with van der Waals surface area (Å²) in [5.74, 6) is 0.203. The second kappa shape index (κ2) is 8.15. The molecule has 0 aliphatic rings. The predicted octanol–water partition coefficient (Wildman–Crippen LogP) is 0.432. The SMILES string of the molecule is O=C(Nc1ccccn1)c1ccc2ccc3cccnc3c2n1.[Cl-].[Pt+4]. The molecular weight excluding hydrogens is 519 g/mol. The molecule has 3 heterocycles. The van der Waals surface area contributed by atoms with Crippen LogP contribution in [0.4, 0.5) is 5.82 Å². The van der Waals surface area contributed by atoms with E-state index in [1.807, 2.05) is 36.4 Å². The van der Waals surface area contributed by atoms with Gasteiger partial charge >= 0.3 is 21.1 Å². The number of fused-ring (bicyclic) bond motifs is 3. The van der Waals surface area contributed by atoms with Crippen LogP contribution in [0.1, 0.15) is 10.5 Å². The molecule has 25 heavy (non-hydrogen) atoms. The van der Waals surface area contributed by atoms with Crippen LogP contribution in [0.15, 0.2) is 67.0 Å². The number of nitrogens with zero attached hydrogens (tertiary/aromatic N) is 3. The Balaban J connectivity index is 0.00000113. The standard InChI is InChI=1S/C18H12N4O.ClH.Pt/c23-18(22-15-5-1-2-10-19-15)14-9-8-13-7-6-12-4-3-11-20-16(12)17(13)21-14;;/h1-11H,(H,19,22,23);1H;/q;;+4/p-1. The first-order valence-electron chi connectivity index (χ1n) is 7.18. The Labute approximate surface area is 164 Å². The van der Waals surface area contributed by atoms with Crippen molar-refractivity contribution in [1.82, 2.24) is 15.0 Å². The van der Waals surface area contributed by atoms with Gasteiger partial charge < -0.3 is 17.7 Å². The molecule has 0 saturated heterocycles. The number of nitrogens with one attached hydrogen (secondary N) is 1. The van der Waals surface area contributed by atoms with E-state index in [4.69, 9.17) is 0 Å². The van der Waals surface area contributed by atoms with Gasteiger partial charge in [0.25, 0.3) is 5.91 Å². The Morgan fingerprint density at radius 3 is 2.28 bits per heavy atom. The fraction of sp³-hybridized carbons (Fsp3) is 0. The summed E-state index contributed by atoms with van der Waals surface area (Å²) in [7, 11) is 0. The van der Waals surface area contributed by atoms with Crippen LogP contribution in [-0.4, -0.2) is 20.9 Å². The predicted molar refractivity (Wildman–Crippen MR) is 89.2 cm³/mol. The molecule has 1 amide bonds. The van der Waals surface area contributed by atoms with E-state index < -0.39 is 0 Å². The summed E-state index contributed by atoms with van der Waals surface area (Å²) in [5, 5.41) is 4.68. The summed E-state index contributed by atoms with van der Waals surface area (Å²) >= 11 is 0. The van der Waals surface area contributed by atoms with Gasteiger partial charge in [0, 0.05) is 23.2 Å². The number of benzene rings is 1. The topological polar surface area (TPSA) is 67.8 Å². The van der Waals surface area contributed by atoms with Crippen molar-refractivity contribution in [1.29, 1.82) is 0 Å². The van der Waals surface area contributed by atoms with Crippen molar-refractivity contribution in [2.24, 2.45) is 0 Å². The average molecular weight is 531 g/mol. The number of rotatable bonds is 2. The van der Waals surface area contributed by atoms with Crippen LogP contribution in [0.2, 0.25) is 0 Å². The van der Waals surface area contributed by atoms with E-state index in [9.17, 15) is 4.79 Å². The van der Waals surface area contributed by atoms with Crippen molar-refractivity contribution in [2.45, 2.75) is 0 Å². The van der Waals surface area contributed by atoms with Gasteiger partial charge in [-0.2, -0.15) is 0 Å². The van der Waals surface area contributed by atoms with Gasteiger partial charge in [-0.3, -0.25) is 9.78 Å². The van der Waals surface area contributed by atoms with Crippen LogP contribution in [0.25, 0.3) is 21.8 Å². The number of carbonyl (C=O) groups is 1. The smallest absolute Gasteiger partial charge is 1.00 e. The van der Waals surface area contributed by atoms with Crippen LogP contribution in [0.3, 0.4) is 0 Å². The molecule has 4 rings (SSSR count). The van der Waals surface area contributed by atoms with E-state index in [0.29, 0.717) is 11.5 Å². The van der Waals surface area contributed by atoms with E-state index in [-0.39, 0.29) is 39.4 Å². The van der Waals surface area contributed by atoms with E-state index in [1.165, 1.54) is 0 Å². The molecule has 0 aliphatic carbocycles. The molecule has 0 atom stereocenters. The first kappa shape index (κ1) is 19.0. The van der Waals surface area contributed by atoms with Crippen LogP contribution in [0.5, 0.6) is 0 Å². The Bertz CT molecular complexity index is 1030. The number of halogens is 1. The number of pyridine rings is 3. The van der Waals surface area contributed by atoms with Gasteiger partial charge in [0.1, 0.15) is 11.5 Å². The molecule has 0 saturated carbocycles. The van der Waals surface area contributed by atoms with Crippen LogP contribution in [0, 0.1) is 0 Å². The molecule has 4 aromatic rings. The van der Waals surface area contributed by atoms with Gasteiger partial charge in [0.05, 0.1) is 11.0 Å². The molecule has 0 unspecified atom stereocenters. The van der Waals surface area contributed by atoms with Crippen molar-refractivity contribution in [3.63, 3.8) is 0 Å². The third-order valence-corrected chi connectivity index (χ3v) is 3.57. The molecule has 0 spiro atoms. The fourth-order valence-corrected chi connectivity index (χ4v) is 2.47. The third kappa shape index (κ3) is 3.84. The fourth-order valence-electron chi connectivity index (χ4n) is 2.47. The second-order valence-corrected chi connectivity index (χ2v) is 5.08. The van der Waals surface area contributed by atoms with Gasteiger partial charge in [-0.25, -0.2) is 9.97 Å². The van der Waals surface area contributed by atoms with E-state index in [0.717, 1.165) is 21.8 Å². The minimum absolute atomic E-state index is 0. The molecular formula is C18H12ClN4OPt+3. The molecule has 7 heteroatoms. The van der Waals surface area contributed by atoms with Gasteiger partial charge in [-0.05, 0) is 24.3 Å². The number of hydrogen-bond donors (Lipinski definition) is 1. The Kier molecular flexibility index (Phi) is 6.18. The normalized spacial score (nSPS) is 9.92. The van der Waals surface area contributed by atoms with Crippen molar-refractivity contribution in [3.8, 4) is 0 Å². The molecule has 5 nitrogen and oxygen atoms in total. The maximum atomic E-state index is 12.4. The summed E-state index contributed by atoms with van der Waals surface area (Å²) in [4.78, 5) is 25.3. The summed E-state index contributed by atoms with van der Waals surface area (Å²) in [6, 6.07) is 16.8. The van der Waals surface area contributed by atoms with Crippen molar-refractivity contribution < 1.29 is 38.3 Å². The molecule has 3 aromatic heterocycles. The van der Waals surface area contributed by atoms with Gasteiger partial charge in [0.2, 0.25) is 0 Å². The Morgan fingerprint density at radius 2 is 1.52 bits per heavy atom. The minimum atomic E-state index is -0.293. The molecule has 124 valence electrons. The maximum absolute atomic E-state index is 12.4. The van der Waals surface area contributed by atoms with E-state index in [2.05, 4.69) is 20.3 Å². The zero-order valence-electron chi connectivity index (χ0n) is 12.8. The van der Waals surface area contributed by atoms with Crippen molar-refractivity contribution in [3.05, 3.63) is 72.7 Å². The summed E-state index contributed by atoms with van der Waals surface area (Å²) < 4.78 is 0. The Morgan fingerprint density at radius 1 is 0.800 bits per heavy atom. The maximum Gasteiger partial charge on any atom is 4.00 e. The second-order valence-electron chi connectivity index (χ2n) is 5.08. The van der Waals surface area contributed by atoms with Gasteiger partial charge in [-0.1, -0.05) is 30.3 Å². The quantitative estimate of drug-likeness (QED) is 0.382. The van der Waals surface area contributed by atoms with E-state index in [1.54, 1.807) is 30.6 Å². The van der Waals surface area contributed by atoms with Crippen molar-refractivity contribution in [2.75, 3.05) is 5.32 Å². The first-order chi connectivity index (χ1) is 11.3. The summed E-state index contributed by atoms with van der Waals surface area (Å²) in [6.45, 7) is 0. The first-order valence-corrected chi connectivity index (χ1v) is 7.18. The molecule has 0 radical (unpaired) electrons. The zero-order chi connectivity index (χ0) is 15.6. The molecule has 0 aliphatic heterocycles.